The van der Waals surface area contributed by atoms with Crippen LogP contribution in [-0.2, 0) is 12.6 Å². The van der Waals surface area contributed by atoms with E-state index in [9.17, 15) is 9.59 Å². The van der Waals surface area contributed by atoms with Gasteiger partial charge in [-0.15, -0.1) is 0 Å². The summed E-state index contributed by atoms with van der Waals surface area (Å²) in [6.07, 6.45) is 3.81. The van der Waals surface area contributed by atoms with Crippen LogP contribution in [0, 0.1) is 22.7 Å². The number of ether oxygens (including phenoxy) is 1. The van der Waals surface area contributed by atoms with Crippen molar-refractivity contribution in [3.63, 3.8) is 0 Å². The summed E-state index contributed by atoms with van der Waals surface area (Å²) in [5.41, 5.74) is -0.240. The van der Waals surface area contributed by atoms with E-state index in [0.717, 1.165) is 25.7 Å². The number of alkyl halides is 1. The number of carbonyl (C=O) groups is 2. The second-order valence-electron chi connectivity index (χ2n) is 6.16. The number of rotatable bonds is 3. The second-order valence-corrected chi connectivity index (χ2v) is 8.36. The third-order valence-corrected chi connectivity index (χ3v) is 6.79. The average Bonchev–Trinajstić information content (AvgIpc) is 2.82. The fraction of sp³-hybridized carbons (Fsp3) is 0.833. The summed E-state index contributed by atoms with van der Waals surface area (Å²) in [5.74, 6) is 1.08. The summed E-state index contributed by atoms with van der Waals surface area (Å²) in [4.78, 5) is 25.3. The monoisotopic (exact) mass is 475 g/mol. The molecule has 5 atom stereocenters. The fourth-order valence-corrected chi connectivity index (χ4v) is 6.72. The molecule has 0 bridgehead atoms. The predicted octanol–water partition coefficient (Wildman–Crippen LogP) is -0.706. The van der Waals surface area contributed by atoms with Gasteiger partial charge in [-0.3, -0.25) is 0 Å². The third-order valence-electron chi connectivity index (χ3n) is 5.73. The van der Waals surface area contributed by atoms with Crippen molar-refractivity contribution >= 4 is 32.5 Å². The first-order valence-corrected chi connectivity index (χ1v) is 10.2. The maximum absolute atomic E-state index is 12.2. The molecule has 0 N–H and O–H groups in total. The quantitative estimate of drug-likeness (QED) is 0.308. The summed E-state index contributed by atoms with van der Waals surface area (Å²) in [5, 5.41) is 0. The number of hydrogen-bond donors (Lipinski definition) is 0. The van der Waals surface area contributed by atoms with Gasteiger partial charge in [0.25, 0.3) is 0 Å². The van der Waals surface area contributed by atoms with Gasteiger partial charge in [0, 0.05) is 0 Å². The second kappa shape index (κ2) is 3.35. The molecule has 4 aliphatic carbocycles. The zero-order chi connectivity index (χ0) is 12.8. The van der Waals surface area contributed by atoms with Crippen molar-refractivity contribution in [2.75, 3.05) is 4.93 Å². The molecule has 4 aliphatic rings. The molecule has 0 radical (unpaired) electrons. The van der Waals surface area contributed by atoms with Crippen molar-refractivity contribution in [1.82, 2.24) is 0 Å². The number of halogens is 2. The molecule has 4 rings (SSSR count). The molecule has 0 amide bonds. The van der Waals surface area contributed by atoms with E-state index in [1.165, 1.54) is 0 Å². The minimum absolute atomic E-state index is 0.0431. The number of hydrogen-bond acceptors (Lipinski definition) is 4. The van der Waals surface area contributed by atoms with Crippen molar-refractivity contribution in [1.29, 1.82) is 0 Å². The van der Waals surface area contributed by atoms with E-state index < -0.39 is 21.6 Å². The van der Waals surface area contributed by atoms with Gasteiger partial charge in [-0.05, 0) is 0 Å². The predicted molar refractivity (Wildman–Crippen MR) is 65.6 cm³/mol. The topological polar surface area (TPSA) is 52.6 Å². The van der Waals surface area contributed by atoms with Gasteiger partial charge in [0.2, 0.25) is 0 Å². The zero-order valence-electron chi connectivity index (χ0n) is 9.87. The molecule has 1 spiro atoms. The normalized spacial score (nSPS) is 53.7. The molecule has 0 aromatic heterocycles. The van der Waals surface area contributed by atoms with Gasteiger partial charge >= 0.3 is 130 Å². The molecular formula is C12H13I2O4-. The van der Waals surface area contributed by atoms with E-state index in [-0.39, 0.29) is 26.4 Å². The van der Waals surface area contributed by atoms with Crippen LogP contribution in [-0.4, -0.2) is 20.5 Å². The van der Waals surface area contributed by atoms with Gasteiger partial charge in [0.05, 0.1) is 0 Å². The molecule has 18 heavy (non-hydrogen) atoms. The Morgan fingerprint density at radius 3 is 2.78 bits per heavy atom. The Hall–Kier alpha value is 0.400. The summed E-state index contributed by atoms with van der Waals surface area (Å²) in [6.45, 7) is 0. The van der Waals surface area contributed by atoms with Gasteiger partial charge in [-0.25, -0.2) is 0 Å². The van der Waals surface area contributed by atoms with E-state index in [1.54, 1.807) is 22.6 Å². The van der Waals surface area contributed by atoms with Crippen molar-refractivity contribution in [3.8, 4) is 0 Å². The first-order valence-electron chi connectivity index (χ1n) is 6.09. The first-order chi connectivity index (χ1) is 8.50. The number of carbonyl (C=O) groups excluding carboxylic acids is 2. The van der Waals surface area contributed by atoms with Crippen molar-refractivity contribution in [2.24, 2.45) is 22.7 Å². The summed E-state index contributed by atoms with van der Waals surface area (Å²) in [7, 11) is 0. The molecular weight excluding hydrogens is 462 g/mol. The van der Waals surface area contributed by atoms with E-state index in [4.69, 9.17) is 7.80 Å². The molecule has 4 fully saturated rings. The molecule has 4 saturated carbocycles. The van der Waals surface area contributed by atoms with Gasteiger partial charge in [0.1, 0.15) is 0 Å². The molecule has 0 heterocycles. The molecule has 0 aromatic carbocycles. The molecule has 0 saturated heterocycles. The molecule has 5 unspecified atom stereocenters. The van der Waals surface area contributed by atoms with E-state index >= 15 is 0 Å². The molecule has 0 aromatic rings. The molecule has 100 valence electrons. The van der Waals surface area contributed by atoms with Gasteiger partial charge in [0.15, 0.2) is 0 Å². The SMILES string of the molecule is C[I-]OC(=O)C12CC3CC4(OC(=O)I)CC1(C2)C34. The van der Waals surface area contributed by atoms with Crippen molar-refractivity contribution < 1.29 is 39.0 Å². The van der Waals surface area contributed by atoms with Gasteiger partial charge < -0.3 is 0 Å². The van der Waals surface area contributed by atoms with E-state index in [0.29, 0.717) is 11.8 Å². The average molecular weight is 475 g/mol. The zero-order valence-corrected chi connectivity index (χ0v) is 14.2. The molecule has 4 nitrogen and oxygen atoms in total. The van der Waals surface area contributed by atoms with Crippen LogP contribution in [0.3, 0.4) is 0 Å². The minimum atomic E-state index is -0.434. The standard InChI is InChI=1S/C12H13I2O4/c1-14-18-8(15)10-2-6-3-12(17-9(13)16)5-11(10,4-10)7(6)12/h6-7H,2-5H2,1H3/q-1. The first kappa shape index (κ1) is 12.2. The van der Waals surface area contributed by atoms with Crippen molar-refractivity contribution in [3.05, 3.63) is 0 Å². The van der Waals surface area contributed by atoms with E-state index in [2.05, 4.69) is 0 Å². The van der Waals surface area contributed by atoms with Gasteiger partial charge in [-0.1, -0.05) is 0 Å². The summed E-state index contributed by atoms with van der Waals surface area (Å²) >= 11 is 1.27. The molecule has 0 aliphatic heterocycles. The molecule has 6 heteroatoms. The maximum atomic E-state index is 12.2. The van der Waals surface area contributed by atoms with Crippen LogP contribution in [0.2, 0.25) is 0 Å². The van der Waals surface area contributed by atoms with Crippen molar-refractivity contribution in [2.45, 2.75) is 31.3 Å². The van der Waals surface area contributed by atoms with Crippen LogP contribution in [0.1, 0.15) is 25.7 Å². The van der Waals surface area contributed by atoms with Crippen LogP contribution >= 0.6 is 22.6 Å². The Labute approximate surface area is 129 Å². The third kappa shape index (κ3) is 1.10. The van der Waals surface area contributed by atoms with Crippen LogP contribution in [0.15, 0.2) is 0 Å². The Morgan fingerprint density at radius 1 is 1.33 bits per heavy atom. The van der Waals surface area contributed by atoms with Crippen LogP contribution in [0.4, 0.5) is 4.79 Å². The Morgan fingerprint density at radius 2 is 2.11 bits per heavy atom. The van der Waals surface area contributed by atoms with Crippen LogP contribution in [0.25, 0.3) is 0 Å². The summed E-state index contributed by atoms with van der Waals surface area (Å²) in [6, 6.07) is 0. The van der Waals surface area contributed by atoms with E-state index in [1.807, 2.05) is 4.93 Å². The Bertz CT molecular complexity index is 481. The summed E-state index contributed by atoms with van der Waals surface area (Å²) < 4.78 is 10.7. The Kier molecular flexibility index (Phi) is 2.26. The van der Waals surface area contributed by atoms with Gasteiger partial charge in [-0.2, -0.15) is 0 Å². The fourth-order valence-electron chi connectivity index (χ4n) is 5.46. The van der Waals surface area contributed by atoms with Crippen LogP contribution < -0.4 is 21.6 Å². The Balaban J connectivity index is 1.58. The van der Waals surface area contributed by atoms with Crippen LogP contribution in [0.5, 0.6) is 0 Å².